The van der Waals surface area contributed by atoms with Crippen molar-refractivity contribution in [2.45, 2.75) is 25.2 Å². The lowest BCUT2D eigenvalue weighted by Gasteiger charge is -2.36. The third-order valence-electron chi connectivity index (χ3n) is 6.56. The van der Waals surface area contributed by atoms with Gasteiger partial charge < -0.3 is 19.6 Å². The largest absolute Gasteiger partial charge is 0.422 e. The van der Waals surface area contributed by atoms with Crippen LogP contribution in [0.1, 0.15) is 12.1 Å². The van der Waals surface area contributed by atoms with Crippen LogP contribution >= 0.6 is 0 Å². The minimum atomic E-state index is -1.13. The van der Waals surface area contributed by atoms with Crippen molar-refractivity contribution < 1.29 is 13.2 Å². The van der Waals surface area contributed by atoms with E-state index in [-0.39, 0.29) is 18.4 Å². The van der Waals surface area contributed by atoms with Crippen LogP contribution in [0.3, 0.4) is 0 Å². The number of hydrogen-bond donors (Lipinski definition) is 2. The Morgan fingerprint density at radius 1 is 1.12 bits per heavy atom. The molecule has 2 aromatic carbocycles. The predicted octanol–water partition coefficient (Wildman–Crippen LogP) is 4.67. The van der Waals surface area contributed by atoms with Crippen LogP contribution in [0.5, 0.6) is 0 Å². The van der Waals surface area contributed by atoms with E-state index in [0.717, 1.165) is 22.0 Å². The summed E-state index contributed by atoms with van der Waals surface area (Å²) in [6, 6.07) is 15.2. The topological polar surface area (TPSA) is 74.2 Å². The highest BCUT2D eigenvalue weighted by molar-refractivity contribution is 6.02. The van der Waals surface area contributed by atoms with Crippen LogP contribution in [0.25, 0.3) is 32.6 Å². The van der Waals surface area contributed by atoms with Crippen molar-refractivity contribution in [1.82, 2.24) is 15.3 Å². The van der Waals surface area contributed by atoms with E-state index in [1.165, 1.54) is 12.1 Å². The molecule has 0 saturated carbocycles. The normalized spacial score (nSPS) is 18.8. The molecule has 1 saturated heterocycles. The summed E-state index contributed by atoms with van der Waals surface area (Å²) in [5.74, 6) is 0.266. The second kappa shape index (κ2) is 8.22. The van der Waals surface area contributed by atoms with Crippen LogP contribution < -0.4 is 15.8 Å². The first-order valence-electron chi connectivity index (χ1n) is 11.3. The maximum Gasteiger partial charge on any atom is 0.345 e. The maximum atomic E-state index is 15.2. The molecule has 0 radical (unpaired) electrons. The fourth-order valence-electron chi connectivity index (χ4n) is 4.84. The van der Waals surface area contributed by atoms with Gasteiger partial charge in [0.2, 0.25) is 0 Å². The number of aromatic nitrogens is 2. The number of aromatic amines is 1. The zero-order chi connectivity index (χ0) is 23.2. The Morgan fingerprint density at radius 3 is 2.88 bits per heavy atom. The number of para-hydroxylation sites is 1. The molecule has 6 nitrogen and oxygen atoms in total. The molecule has 5 aromatic rings. The summed E-state index contributed by atoms with van der Waals surface area (Å²) < 4.78 is 34.4. The van der Waals surface area contributed by atoms with Gasteiger partial charge in [0.05, 0.1) is 17.4 Å². The van der Waals surface area contributed by atoms with Crippen LogP contribution in [-0.4, -0.2) is 35.3 Å². The lowest BCUT2D eigenvalue weighted by molar-refractivity contribution is 0.218. The average molecular weight is 460 g/mol. The Kier molecular flexibility index (Phi) is 5.03. The number of rotatable bonds is 4. The molecule has 1 fully saturated rings. The highest BCUT2D eigenvalue weighted by Crippen LogP contribution is 2.29. The van der Waals surface area contributed by atoms with E-state index in [1.54, 1.807) is 24.4 Å². The summed E-state index contributed by atoms with van der Waals surface area (Å²) in [7, 11) is 0. The quantitative estimate of drug-likeness (QED) is 0.382. The summed E-state index contributed by atoms with van der Waals surface area (Å²) in [6.45, 7) is 1.16. The fraction of sp³-hybridized carbons (Fsp3) is 0.231. The highest BCUT2D eigenvalue weighted by atomic mass is 19.1. The van der Waals surface area contributed by atoms with Gasteiger partial charge in [0.1, 0.15) is 23.4 Å². The van der Waals surface area contributed by atoms with Crippen molar-refractivity contribution in [3.63, 3.8) is 0 Å². The maximum absolute atomic E-state index is 15.2. The molecule has 2 unspecified atom stereocenters. The number of H-pyrrole nitrogens is 1. The molecule has 2 N–H and O–H groups in total. The van der Waals surface area contributed by atoms with Gasteiger partial charge in [0.15, 0.2) is 0 Å². The fourth-order valence-corrected chi connectivity index (χ4v) is 4.84. The molecule has 0 aliphatic carbocycles. The molecule has 0 spiro atoms. The lowest BCUT2D eigenvalue weighted by atomic mass is 10.0. The predicted molar refractivity (Wildman–Crippen MR) is 128 cm³/mol. The second-order valence-corrected chi connectivity index (χ2v) is 8.71. The number of nitrogens with zero attached hydrogens (tertiary/aromatic N) is 2. The SMILES string of the molecule is O=c1oc2ccccc2c2[nH]c(CNC3CCN(c4nccc5ccc(F)cc45)CC3F)cc12. The molecule has 34 heavy (non-hydrogen) atoms. The van der Waals surface area contributed by atoms with Gasteiger partial charge >= 0.3 is 5.63 Å². The lowest BCUT2D eigenvalue weighted by Crippen LogP contribution is -2.51. The van der Waals surface area contributed by atoms with E-state index in [4.69, 9.17) is 4.42 Å². The van der Waals surface area contributed by atoms with Gasteiger partial charge in [0.25, 0.3) is 0 Å². The van der Waals surface area contributed by atoms with E-state index < -0.39 is 11.8 Å². The first-order chi connectivity index (χ1) is 16.6. The number of pyridine rings is 1. The van der Waals surface area contributed by atoms with Crippen molar-refractivity contribution in [1.29, 1.82) is 0 Å². The van der Waals surface area contributed by atoms with Gasteiger partial charge in [0, 0.05) is 41.8 Å². The number of hydrogen-bond acceptors (Lipinski definition) is 5. The smallest absolute Gasteiger partial charge is 0.345 e. The molecule has 8 heteroatoms. The third-order valence-corrected chi connectivity index (χ3v) is 6.56. The summed E-state index contributed by atoms with van der Waals surface area (Å²) >= 11 is 0. The number of alkyl halides is 1. The number of fused-ring (bicyclic) bond motifs is 4. The van der Waals surface area contributed by atoms with E-state index in [9.17, 15) is 9.18 Å². The number of piperidine rings is 1. The number of nitrogens with one attached hydrogen (secondary N) is 2. The van der Waals surface area contributed by atoms with Crippen molar-refractivity contribution in [2.24, 2.45) is 0 Å². The first kappa shape index (κ1) is 20.8. The first-order valence-corrected chi connectivity index (χ1v) is 11.3. The van der Waals surface area contributed by atoms with E-state index in [2.05, 4.69) is 15.3 Å². The summed E-state index contributed by atoms with van der Waals surface area (Å²) in [6.07, 6.45) is 1.11. The molecule has 1 aliphatic rings. The molecule has 2 atom stereocenters. The minimum absolute atomic E-state index is 0.168. The standard InChI is InChI=1S/C26H22F2N4O2/c27-16-6-5-15-7-9-29-25(19(15)11-16)32-10-8-22(21(28)14-32)30-13-17-12-20-24(31-17)18-3-1-2-4-23(18)34-26(20)33/h1-7,9,11-12,21-22,30-31H,8,10,13-14H2. The zero-order valence-corrected chi connectivity index (χ0v) is 18.2. The van der Waals surface area contributed by atoms with Crippen LogP contribution in [0.2, 0.25) is 0 Å². The Hall–Kier alpha value is -3.78. The summed E-state index contributed by atoms with van der Waals surface area (Å²) in [5, 5.41) is 6.16. The summed E-state index contributed by atoms with van der Waals surface area (Å²) in [5.41, 5.74) is 1.65. The molecule has 1 aliphatic heterocycles. The molecule has 172 valence electrons. The Morgan fingerprint density at radius 2 is 2.00 bits per heavy atom. The molecule has 4 heterocycles. The molecule has 6 rings (SSSR count). The number of halogens is 2. The van der Waals surface area contributed by atoms with E-state index in [1.807, 2.05) is 29.2 Å². The van der Waals surface area contributed by atoms with Gasteiger partial charge in [-0.15, -0.1) is 0 Å². The highest BCUT2D eigenvalue weighted by Gasteiger charge is 2.30. The second-order valence-electron chi connectivity index (χ2n) is 8.71. The van der Waals surface area contributed by atoms with Crippen molar-refractivity contribution in [3.05, 3.63) is 82.7 Å². The Bertz CT molecular complexity index is 1580. The van der Waals surface area contributed by atoms with Crippen molar-refractivity contribution in [2.75, 3.05) is 18.0 Å². The van der Waals surface area contributed by atoms with Crippen LogP contribution in [0, 0.1) is 5.82 Å². The molecule has 0 amide bonds. The number of anilines is 1. The molecule has 3 aromatic heterocycles. The zero-order valence-electron chi connectivity index (χ0n) is 18.2. The van der Waals surface area contributed by atoms with E-state index in [0.29, 0.717) is 41.7 Å². The number of benzene rings is 2. The van der Waals surface area contributed by atoms with Gasteiger partial charge in [-0.05, 0) is 48.2 Å². The average Bonchev–Trinajstić information content (AvgIpc) is 3.28. The molecular formula is C26H22F2N4O2. The van der Waals surface area contributed by atoms with Gasteiger partial charge in [-0.2, -0.15) is 0 Å². The van der Waals surface area contributed by atoms with Gasteiger partial charge in [-0.3, -0.25) is 0 Å². The Labute approximate surface area is 193 Å². The van der Waals surface area contributed by atoms with Crippen molar-refractivity contribution in [3.8, 4) is 0 Å². The third kappa shape index (κ3) is 3.60. The minimum Gasteiger partial charge on any atom is -0.422 e. The van der Waals surface area contributed by atoms with Gasteiger partial charge in [-0.1, -0.05) is 18.2 Å². The van der Waals surface area contributed by atoms with Crippen LogP contribution in [0.15, 0.2) is 70.0 Å². The van der Waals surface area contributed by atoms with Gasteiger partial charge in [-0.25, -0.2) is 18.6 Å². The van der Waals surface area contributed by atoms with Crippen LogP contribution in [0.4, 0.5) is 14.6 Å². The monoisotopic (exact) mass is 460 g/mol. The van der Waals surface area contributed by atoms with E-state index >= 15 is 4.39 Å². The molecule has 0 bridgehead atoms. The van der Waals surface area contributed by atoms with Crippen molar-refractivity contribution >= 4 is 38.5 Å². The Balaban J connectivity index is 1.18. The molecular weight excluding hydrogens is 438 g/mol. The summed E-state index contributed by atoms with van der Waals surface area (Å²) in [4.78, 5) is 21.9. The van der Waals surface area contributed by atoms with Crippen LogP contribution in [-0.2, 0) is 6.54 Å².